The summed E-state index contributed by atoms with van der Waals surface area (Å²) in [4.78, 5) is 22.3. The van der Waals surface area contributed by atoms with Gasteiger partial charge in [0, 0.05) is 17.6 Å². The van der Waals surface area contributed by atoms with Gasteiger partial charge in [-0.2, -0.15) is 0 Å². The number of carbonyl (C=O) groups excluding carboxylic acids is 2. The highest BCUT2D eigenvalue weighted by Gasteiger charge is 2.06. The lowest BCUT2D eigenvalue weighted by molar-refractivity contribution is -0.135. The molecular weight excluding hydrogens is 232 g/mol. The van der Waals surface area contributed by atoms with Crippen LogP contribution in [0.3, 0.4) is 0 Å². The molecule has 0 fully saturated rings. The van der Waals surface area contributed by atoms with Crippen LogP contribution < -0.4 is 0 Å². The summed E-state index contributed by atoms with van der Waals surface area (Å²) in [5.74, 6) is 4.61. The predicted molar refractivity (Wildman–Crippen MR) is 68.5 cm³/mol. The highest BCUT2D eigenvalue weighted by Crippen LogP contribution is 2.10. The Bertz CT molecular complexity index is 425. The van der Waals surface area contributed by atoms with E-state index in [4.69, 9.17) is 0 Å². The minimum absolute atomic E-state index is 0.163. The van der Waals surface area contributed by atoms with E-state index >= 15 is 0 Å². The molecule has 0 saturated heterocycles. The summed E-state index contributed by atoms with van der Waals surface area (Å²) in [7, 11) is 2.52. The fraction of sp³-hybridized carbons (Fsp3) is 0.429. The third kappa shape index (κ3) is 7.29. The van der Waals surface area contributed by atoms with Crippen LogP contribution in [-0.2, 0) is 19.1 Å². The minimum atomic E-state index is -0.557. The first kappa shape index (κ1) is 16.0. The first-order chi connectivity index (χ1) is 8.30. The van der Waals surface area contributed by atoms with E-state index < -0.39 is 11.9 Å². The van der Waals surface area contributed by atoms with E-state index in [1.165, 1.54) is 26.4 Å². The van der Waals surface area contributed by atoms with Crippen molar-refractivity contribution in [2.75, 3.05) is 14.2 Å². The highest BCUT2D eigenvalue weighted by molar-refractivity contribution is 5.94. The van der Waals surface area contributed by atoms with Gasteiger partial charge < -0.3 is 9.47 Å². The number of hydrogen-bond acceptors (Lipinski definition) is 4. The van der Waals surface area contributed by atoms with Crippen molar-refractivity contribution in [3.63, 3.8) is 0 Å². The van der Waals surface area contributed by atoms with E-state index in [2.05, 4.69) is 21.3 Å². The molecule has 0 rings (SSSR count). The van der Waals surface area contributed by atoms with Crippen LogP contribution in [0.1, 0.15) is 20.8 Å². The van der Waals surface area contributed by atoms with Crippen LogP contribution >= 0.6 is 0 Å². The Balaban J connectivity index is 5.06. The lowest BCUT2D eigenvalue weighted by Crippen LogP contribution is -2.04. The van der Waals surface area contributed by atoms with Gasteiger partial charge in [-0.05, 0) is 26.8 Å². The van der Waals surface area contributed by atoms with Gasteiger partial charge in [0.25, 0.3) is 0 Å². The van der Waals surface area contributed by atoms with Crippen molar-refractivity contribution in [3.8, 4) is 11.8 Å². The van der Waals surface area contributed by atoms with Gasteiger partial charge >= 0.3 is 11.9 Å². The quantitative estimate of drug-likeness (QED) is 0.332. The van der Waals surface area contributed by atoms with Gasteiger partial charge in [0.1, 0.15) is 0 Å². The number of ether oxygens (including phenoxy) is 2. The minimum Gasteiger partial charge on any atom is -0.466 e. The molecule has 98 valence electrons. The maximum absolute atomic E-state index is 11.4. The van der Waals surface area contributed by atoms with Gasteiger partial charge in [-0.3, -0.25) is 0 Å². The van der Waals surface area contributed by atoms with Gasteiger partial charge in [-0.15, -0.1) is 0 Å². The number of methoxy groups -OCH3 is 2. The van der Waals surface area contributed by atoms with Crippen LogP contribution in [0.25, 0.3) is 0 Å². The molecule has 18 heavy (non-hydrogen) atoms. The average Bonchev–Trinajstić information content (AvgIpc) is 2.30. The Labute approximate surface area is 108 Å². The molecule has 4 heteroatoms. The molecular formula is C14H18O4. The number of allylic oxidation sites excluding steroid dienone is 1. The fourth-order valence-corrected chi connectivity index (χ4v) is 0.849. The van der Waals surface area contributed by atoms with Crippen molar-refractivity contribution >= 4 is 11.9 Å². The first-order valence-corrected chi connectivity index (χ1v) is 5.37. The third-order valence-corrected chi connectivity index (χ3v) is 1.70. The zero-order chi connectivity index (χ0) is 14.2. The zero-order valence-corrected chi connectivity index (χ0v) is 11.4. The number of carbonyl (C=O) groups is 2. The van der Waals surface area contributed by atoms with Crippen molar-refractivity contribution in [3.05, 3.63) is 23.8 Å². The molecule has 0 bridgehead atoms. The summed E-state index contributed by atoms with van der Waals surface area (Å²) in [6.45, 7) is 5.86. The molecule has 0 aliphatic rings. The Morgan fingerprint density at radius 2 is 1.67 bits per heavy atom. The third-order valence-electron chi connectivity index (χ3n) is 1.70. The molecule has 0 atom stereocenters. The summed E-state index contributed by atoms with van der Waals surface area (Å²) < 4.78 is 9.01. The molecule has 0 aromatic heterocycles. The summed E-state index contributed by atoms with van der Waals surface area (Å²) in [6, 6.07) is 0. The summed E-state index contributed by atoms with van der Waals surface area (Å²) in [5, 5.41) is 0. The predicted octanol–water partition coefficient (Wildman–Crippen LogP) is 1.86. The molecule has 0 saturated carbocycles. The van der Waals surface area contributed by atoms with E-state index in [9.17, 15) is 9.59 Å². The topological polar surface area (TPSA) is 52.6 Å². The summed E-state index contributed by atoms with van der Waals surface area (Å²) in [6.07, 6.45) is 3.87. The molecule has 0 amide bonds. The molecule has 0 spiro atoms. The monoisotopic (exact) mass is 250 g/mol. The Morgan fingerprint density at radius 1 is 1.06 bits per heavy atom. The van der Waals surface area contributed by atoms with Crippen molar-refractivity contribution in [1.82, 2.24) is 0 Å². The van der Waals surface area contributed by atoms with Crippen LogP contribution in [0.5, 0.6) is 0 Å². The van der Waals surface area contributed by atoms with E-state index in [1.54, 1.807) is 0 Å². The zero-order valence-electron chi connectivity index (χ0n) is 11.4. The second kappa shape index (κ2) is 7.33. The molecule has 0 aliphatic carbocycles. The average molecular weight is 250 g/mol. The Hall–Kier alpha value is -2.02. The van der Waals surface area contributed by atoms with Crippen LogP contribution in [0, 0.1) is 17.3 Å². The number of esters is 2. The maximum atomic E-state index is 11.4. The van der Waals surface area contributed by atoms with Crippen LogP contribution in [0.2, 0.25) is 0 Å². The molecule has 0 N–H and O–H groups in total. The maximum Gasteiger partial charge on any atom is 0.338 e. The fourth-order valence-electron chi connectivity index (χ4n) is 0.849. The van der Waals surface area contributed by atoms with E-state index in [0.29, 0.717) is 0 Å². The standard InChI is InChI=1S/C14H18O4/c1-14(2,3)10-6-7-11(13(16)18-5)8-9-12(15)17-4/h7-9H,1-5H3. The van der Waals surface area contributed by atoms with Gasteiger partial charge in [-0.25, -0.2) is 9.59 Å². The Kier molecular flexibility index (Phi) is 6.51. The van der Waals surface area contributed by atoms with Crippen LogP contribution in [0.4, 0.5) is 0 Å². The molecule has 0 aliphatic heterocycles. The van der Waals surface area contributed by atoms with E-state index in [0.717, 1.165) is 6.08 Å². The molecule has 4 nitrogen and oxygen atoms in total. The number of rotatable bonds is 3. The lowest BCUT2D eigenvalue weighted by atomic mass is 9.98. The highest BCUT2D eigenvalue weighted by atomic mass is 16.5. The second-order valence-corrected chi connectivity index (χ2v) is 4.47. The van der Waals surface area contributed by atoms with Crippen molar-refractivity contribution in [1.29, 1.82) is 0 Å². The van der Waals surface area contributed by atoms with Gasteiger partial charge in [0.15, 0.2) is 0 Å². The van der Waals surface area contributed by atoms with Crippen molar-refractivity contribution < 1.29 is 19.1 Å². The molecule has 0 heterocycles. The van der Waals surface area contributed by atoms with Crippen molar-refractivity contribution in [2.24, 2.45) is 5.41 Å². The van der Waals surface area contributed by atoms with Crippen molar-refractivity contribution in [2.45, 2.75) is 20.8 Å². The normalized spacial score (nSPS) is 11.7. The summed E-state index contributed by atoms with van der Waals surface area (Å²) >= 11 is 0. The largest absolute Gasteiger partial charge is 0.466 e. The van der Waals surface area contributed by atoms with Gasteiger partial charge in [0.2, 0.25) is 0 Å². The molecule has 0 aromatic carbocycles. The van der Waals surface area contributed by atoms with E-state index in [1.807, 2.05) is 20.8 Å². The smallest absolute Gasteiger partial charge is 0.338 e. The molecule has 0 radical (unpaired) electrons. The molecule has 0 aromatic rings. The van der Waals surface area contributed by atoms with E-state index in [-0.39, 0.29) is 11.0 Å². The summed E-state index contributed by atoms with van der Waals surface area (Å²) in [5.41, 5.74) is 0.0312. The first-order valence-electron chi connectivity index (χ1n) is 5.37. The lowest BCUT2D eigenvalue weighted by Gasteiger charge is -2.06. The Morgan fingerprint density at radius 3 is 2.11 bits per heavy atom. The second-order valence-electron chi connectivity index (χ2n) is 4.47. The van der Waals surface area contributed by atoms with Crippen LogP contribution in [0.15, 0.2) is 23.8 Å². The van der Waals surface area contributed by atoms with Gasteiger partial charge in [-0.1, -0.05) is 11.8 Å². The van der Waals surface area contributed by atoms with Gasteiger partial charge in [0.05, 0.1) is 19.8 Å². The van der Waals surface area contributed by atoms with Crippen LogP contribution in [-0.4, -0.2) is 26.2 Å². The SMILES string of the molecule is COC(=O)C=CC(=CC#CC(C)(C)C)C(=O)OC. The number of hydrogen-bond donors (Lipinski definition) is 0. The molecule has 0 unspecified atom stereocenters.